The van der Waals surface area contributed by atoms with Crippen molar-refractivity contribution in [3.8, 4) is 11.1 Å². The van der Waals surface area contributed by atoms with Crippen molar-refractivity contribution in [3.05, 3.63) is 94.1 Å². The zero-order valence-corrected chi connectivity index (χ0v) is 16.0. The lowest BCUT2D eigenvalue weighted by Gasteiger charge is -2.19. The van der Waals surface area contributed by atoms with Crippen LogP contribution in [0.3, 0.4) is 0 Å². The van der Waals surface area contributed by atoms with Crippen molar-refractivity contribution in [3.63, 3.8) is 0 Å². The molecule has 29 heavy (non-hydrogen) atoms. The Morgan fingerprint density at radius 2 is 1.45 bits per heavy atom. The van der Waals surface area contributed by atoms with Gasteiger partial charge in [-0.3, -0.25) is 0 Å². The van der Waals surface area contributed by atoms with Gasteiger partial charge in [0.25, 0.3) is 0 Å². The Hall–Kier alpha value is -2.88. The molecule has 4 rings (SSSR count). The summed E-state index contributed by atoms with van der Waals surface area (Å²) in [7, 11) is 0. The van der Waals surface area contributed by atoms with Crippen molar-refractivity contribution < 1.29 is 17.6 Å². The third-order valence-corrected chi connectivity index (χ3v) is 5.38. The minimum absolute atomic E-state index is 0.0111. The average Bonchev–Trinajstić information content (AvgIpc) is 2.71. The van der Waals surface area contributed by atoms with Gasteiger partial charge in [-0.1, -0.05) is 43.7 Å². The molecular weight excluding hydrogens is 376 g/mol. The first-order valence-corrected chi connectivity index (χ1v) is 9.73. The van der Waals surface area contributed by atoms with E-state index in [1.54, 1.807) is 6.07 Å². The minimum atomic E-state index is -1.55. The van der Waals surface area contributed by atoms with E-state index in [4.69, 9.17) is 0 Å². The molecule has 0 aromatic heterocycles. The van der Waals surface area contributed by atoms with Crippen molar-refractivity contribution in [2.24, 2.45) is 0 Å². The van der Waals surface area contributed by atoms with E-state index in [9.17, 15) is 17.6 Å². The smallest absolute Gasteiger partial charge is 0.194 e. The van der Waals surface area contributed by atoms with Crippen molar-refractivity contribution in [1.82, 2.24) is 0 Å². The molecule has 0 nitrogen and oxygen atoms in total. The number of allylic oxidation sites excluding steroid dienone is 1. The van der Waals surface area contributed by atoms with E-state index in [-0.39, 0.29) is 11.1 Å². The van der Waals surface area contributed by atoms with Crippen LogP contribution in [0.25, 0.3) is 22.8 Å². The number of rotatable bonds is 4. The number of hydrogen-bond donors (Lipinski definition) is 0. The van der Waals surface area contributed by atoms with E-state index in [1.807, 2.05) is 6.08 Å². The van der Waals surface area contributed by atoms with Crippen LogP contribution in [0.1, 0.15) is 42.0 Å². The molecule has 0 radical (unpaired) electrons. The quantitative estimate of drug-likeness (QED) is 0.319. The second-order valence-corrected chi connectivity index (χ2v) is 7.40. The largest absolute Gasteiger partial charge is 0.206 e. The fourth-order valence-electron chi connectivity index (χ4n) is 3.85. The highest BCUT2D eigenvalue weighted by atomic mass is 19.2. The lowest BCUT2D eigenvalue weighted by molar-refractivity contribution is 0.447. The third-order valence-electron chi connectivity index (χ3n) is 5.38. The standard InChI is InChI=1S/C25H20F4/c1-2-3-15-4-6-16(7-5-15)17-8-9-18-11-21(22(26)12-19(18)10-17)20-13-23(27)25(29)24(28)14-20/h4-7,10-14H,2-3,8-9H2,1H3. The van der Waals surface area contributed by atoms with Crippen molar-refractivity contribution >= 4 is 11.6 Å². The molecule has 4 heteroatoms. The van der Waals surface area contributed by atoms with Gasteiger partial charge in [0.1, 0.15) is 5.82 Å². The molecule has 0 bridgehead atoms. The number of fused-ring (bicyclic) bond motifs is 1. The molecule has 0 fully saturated rings. The summed E-state index contributed by atoms with van der Waals surface area (Å²) < 4.78 is 55.1. The van der Waals surface area contributed by atoms with Crippen molar-refractivity contribution in [2.45, 2.75) is 32.6 Å². The van der Waals surface area contributed by atoms with Crippen LogP contribution >= 0.6 is 0 Å². The number of benzene rings is 3. The van der Waals surface area contributed by atoms with Crippen LogP contribution in [0.15, 0.2) is 48.5 Å². The van der Waals surface area contributed by atoms with Crippen LogP contribution in [0, 0.1) is 23.3 Å². The Kier molecular flexibility index (Phi) is 5.27. The highest BCUT2D eigenvalue weighted by Crippen LogP contribution is 2.35. The molecule has 0 saturated heterocycles. The highest BCUT2D eigenvalue weighted by molar-refractivity contribution is 5.85. The van der Waals surface area contributed by atoms with E-state index >= 15 is 0 Å². The van der Waals surface area contributed by atoms with Crippen LogP contribution in [0.2, 0.25) is 0 Å². The molecule has 1 aliphatic carbocycles. The van der Waals surface area contributed by atoms with Gasteiger partial charge in [0.2, 0.25) is 0 Å². The van der Waals surface area contributed by atoms with Gasteiger partial charge in [-0.15, -0.1) is 0 Å². The maximum absolute atomic E-state index is 14.7. The van der Waals surface area contributed by atoms with E-state index in [1.165, 1.54) is 11.6 Å². The van der Waals surface area contributed by atoms with E-state index < -0.39 is 23.3 Å². The Balaban J connectivity index is 1.69. The monoisotopic (exact) mass is 396 g/mol. The van der Waals surface area contributed by atoms with Crippen LogP contribution < -0.4 is 0 Å². The van der Waals surface area contributed by atoms with Gasteiger partial charge >= 0.3 is 0 Å². The normalized spacial score (nSPS) is 13.2. The summed E-state index contributed by atoms with van der Waals surface area (Å²) >= 11 is 0. The molecule has 0 unspecified atom stereocenters. The first kappa shape index (κ1) is 19.4. The molecule has 0 N–H and O–H groups in total. The molecule has 0 aliphatic heterocycles. The second kappa shape index (κ2) is 7.86. The lowest BCUT2D eigenvalue weighted by Crippen LogP contribution is -2.02. The summed E-state index contributed by atoms with van der Waals surface area (Å²) in [6, 6.07) is 13.1. The fraction of sp³-hybridized carbons (Fsp3) is 0.200. The summed E-state index contributed by atoms with van der Waals surface area (Å²) in [5.41, 5.74) is 5.26. The number of halogens is 4. The molecule has 0 saturated carbocycles. The molecule has 1 aliphatic rings. The maximum Gasteiger partial charge on any atom is 0.194 e. The van der Waals surface area contributed by atoms with Crippen LogP contribution in [0.4, 0.5) is 17.6 Å². The van der Waals surface area contributed by atoms with E-state index in [0.29, 0.717) is 6.42 Å². The predicted molar refractivity (Wildman–Crippen MR) is 108 cm³/mol. The molecule has 0 heterocycles. The van der Waals surface area contributed by atoms with Crippen LogP contribution in [-0.2, 0) is 12.8 Å². The summed E-state index contributed by atoms with van der Waals surface area (Å²) in [5.74, 6) is -4.80. The van der Waals surface area contributed by atoms with Crippen molar-refractivity contribution in [2.75, 3.05) is 0 Å². The molecule has 0 amide bonds. The highest BCUT2D eigenvalue weighted by Gasteiger charge is 2.18. The van der Waals surface area contributed by atoms with Gasteiger partial charge in [-0.2, -0.15) is 0 Å². The molecule has 0 spiro atoms. The zero-order chi connectivity index (χ0) is 20.5. The summed E-state index contributed by atoms with van der Waals surface area (Å²) in [6.07, 6.45) is 5.58. The third kappa shape index (κ3) is 3.84. The number of aryl methyl sites for hydroxylation is 2. The lowest BCUT2D eigenvalue weighted by atomic mass is 9.86. The summed E-state index contributed by atoms with van der Waals surface area (Å²) in [6.45, 7) is 2.14. The fourth-order valence-corrected chi connectivity index (χ4v) is 3.85. The predicted octanol–water partition coefficient (Wildman–Crippen LogP) is 7.35. The topological polar surface area (TPSA) is 0 Å². The molecule has 3 aromatic rings. The number of hydrogen-bond acceptors (Lipinski definition) is 0. The Labute approximate surface area is 167 Å². The average molecular weight is 396 g/mol. The molecule has 148 valence electrons. The SMILES string of the molecule is CCCc1ccc(C2=Cc3cc(F)c(-c4cc(F)c(F)c(F)c4)cc3CC2)cc1. The van der Waals surface area contributed by atoms with Gasteiger partial charge in [-0.25, -0.2) is 17.6 Å². The second-order valence-electron chi connectivity index (χ2n) is 7.40. The first-order valence-electron chi connectivity index (χ1n) is 9.73. The minimum Gasteiger partial charge on any atom is -0.206 e. The van der Waals surface area contributed by atoms with Crippen LogP contribution in [-0.4, -0.2) is 0 Å². The van der Waals surface area contributed by atoms with Crippen LogP contribution in [0.5, 0.6) is 0 Å². The van der Waals surface area contributed by atoms with Gasteiger partial charge in [0.05, 0.1) is 0 Å². The van der Waals surface area contributed by atoms with E-state index in [2.05, 4.69) is 31.2 Å². The zero-order valence-electron chi connectivity index (χ0n) is 16.0. The Bertz CT molecular complexity index is 1070. The maximum atomic E-state index is 14.7. The molecule has 0 atom stereocenters. The molecular formula is C25H20F4. The van der Waals surface area contributed by atoms with Crippen molar-refractivity contribution in [1.29, 1.82) is 0 Å². The van der Waals surface area contributed by atoms with Gasteiger partial charge in [0, 0.05) is 5.56 Å². The Morgan fingerprint density at radius 1 is 0.759 bits per heavy atom. The first-order chi connectivity index (χ1) is 14.0. The molecule has 3 aromatic carbocycles. The van der Waals surface area contributed by atoms with Gasteiger partial charge in [-0.05, 0) is 76.9 Å². The summed E-state index contributed by atoms with van der Waals surface area (Å²) in [5, 5.41) is 0. The van der Waals surface area contributed by atoms with Gasteiger partial charge in [0.15, 0.2) is 17.5 Å². The Morgan fingerprint density at radius 3 is 2.10 bits per heavy atom. The van der Waals surface area contributed by atoms with Gasteiger partial charge < -0.3 is 0 Å². The summed E-state index contributed by atoms with van der Waals surface area (Å²) in [4.78, 5) is 0. The van der Waals surface area contributed by atoms with E-state index in [0.717, 1.165) is 53.7 Å².